The highest BCUT2D eigenvalue weighted by Crippen LogP contribution is 2.28. The fraction of sp³-hybridized carbons (Fsp3) is 0.667. The Hall–Kier alpha value is -3.23. The van der Waals surface area contributed by atoms with Crippen LogP contribution in [-0.4, -0.2) is 86.1 Å². The molecule has 1 aliphatic heterocycles. The van der Waals surface area contributed by atoms with Gasteiger partial charge in [0, 0.05) is 27.9 Å². The number of hydrogen-bond donors (Lipinski definition) is 1. The maximum absolute atomic E-state index is 12.8. The van der Waals surface area contributed by atoms with E-state index in [0.29, 0.717) is 19.0 Å². The number of fused-ring (bicyclic) bond motifs is 1. The molecule has 2 heterocycles. The molecule has 0 radical (unpaired) electrons. The molecule has 1 aromatic rings. The van der Waals surface area contributed by atoms with Crippen LogP contribution >= 0.6 is 0 Å². The molecule has 2 rings (SSSR count). The van der Waals surface area contributed by atoms with E-state index in [4.69, 9.17) is 28.4 Å². The first-order valence-corrected chi connectivity index (χ1v) is 10.9. The van der Waals surface area contributed by atoms with E-state index in [1.807, 2.05) is 0 Å². The minimum atomic E-state index is -1.04. The van der Waals surface area contributed by atoms with Crippen LogP contribution in [0.2, 0.25) is 0 Å². The lowest BCUT2D eigenvalue weighted by atomic mass is 10.2. The monoisotopic (exact) mass is 500 g/mol. The van der Waals surface area contributed by atoms with E-state index in [-0.39, 0.29) is 37.9 Å². The number of esters is 3. The maximum atomic E-state index is 12.8. The van der Waals surface area contributed by atoms with Gasteiger partial charge in [-0.15, -0.1) is 0 Å². The van der Waals surface area contributed by atoms with Crippen molar-refractivity contribution in [3.8, 4) is 0 Å². The number of rotatable bonds is 14. The first kappa shape index (κ1) is 28.0. The minimum absolute atomic E-state index is 0.0148. The van der Waals surface area contributed by atoms with Crippen molar-refractivity contribution in [3.05, 3.63) is 16.7 Å². The van der Waals surface area contributed by atoms with Crippen molar-refractivity contribution in [1.29, 1.82) is 0 Å². The van der Waals surface area contributed by atoms with Crippen molar-refractivity contribution < 1.29 is 42.8 Å². The second-order valence-corrected chi connectivity index (χ2v) is 7.58. The molecule has 1 N–H and O–H groups in total. The summed E-state index contributed by atoms with van der Waals surface area (Å²) in [6, 6.07) is 0. The van der Waals surface area contributed by atoms with Crippen LogP contribution in [0, 0.1) is 0 Å². The molecule has 0 aromatic carbocycles. The topological polar surface area (TPSA) is 157 Å². The van der Waals surface area contributed by atoms with Gasteiger partial charge in [0.05, 0.1) is 19.9 Å². The van der Waals surface area contributed by atoms with Gasteiger partial charge in [0.25, 0.3) is 5.56 Å². The lowest BCUT2D eigenvalue weighted by Gasteiger charge is -2.32. The number of hydrogen-bond acceptors (Lipinski definition) is 13. The first-order valence-electron chi connectivity index (χ1n) is 10.9. The summed E-state index contributed by atoms with van der Waals surface area (Å²) in [5, 5.41) is 3.00. The van der Waals surface area contributed by atoms with Crippen LogP contribution < -0.4 is 15.8 Å². The standard InChI is InChI=1S/C21H32N4O10/c1-13(34-17(8-32-14(2)26)18(35-16(4)28)9-33-15(3)27)25-11-22-19-20(25)23-10-24(21(19)29)12-31-7-6-30-5/h10,13,17-18,22H,6-9,11-12H2,1-5H3/t13?,17?,18-/m1/s1. The number of aromatic nitrogens is 2. The predicted octanol–water partition coefficient (Wildman–Crippen LogP) is -0.158. The Morgan fingerprint density at radius 3 is 2.31 bits per heavy atom. The molecule has 3 atom stereocenters. The third kappa shape index (κ3) is 8.49. The van der Waals surface area contributed by atoms with Gasteiger partial charge < -0.3 is 38.6 Å². The lowest BCUT2D eigenvalue weighted by molar-refractivity contribution is -0.177. The second-order valence-electron chi connectivity index (χ2n) is 7.58. The third-order valence-electron chi connectivity index (χ3n) is 4.82. The summed E-state index contributed by atoms with van der Waals surface area (Å²) >= 11 is 0. The van der Waals surface area contributed by atoms with Crippen LogP contribution in [0.15, 0.2) is 11.1 Å². The van der Waals surface area contributed by atoms with Crippen LogP contribution in [-0.2, 0) is 49.5 Å². The van der Waals surface area contributed by atoms with E-state index in [0.717, 1.165) is 0 Å². The molecule has 196 valence electrons. The zero-order valence-corrected chi connectivity index (χ0v) is 20.5. The number of carbonyl (C=O) groups excluding carboxylic acids is 3. The summed E-state index contributed by atoms with van der Waals surface area (Å²) in [6.07, 6.45) is -1.37. The quantitative estimate of drug-likeness (QED) is 0.204. The Morgan fingerprint density at radius 1 is 1.06 bits per heavy atom. The number of nitrogens with one attached hydrogen (secondary N) is 1. The predicted molar refractivity (Wildman–Crippen MR) is 120 cm³/mol. The van der Waals surface area contributed by atoms with Crippen LogP contribution in [0.5, 0.6) is 0 Å². The molecular formula is C21H32N4O10. The van der Waals surface area contributed by atoms with Crippen molar-refractivity contribution >= 4 is 29.4 Å². The van der Waals surface area contributed by atoms with Gasteiger partial charge in [0.15, 0.2) is 11.9 Å². The summed E-state index contributed by atoms with van der Waals surface area (Å²) in [4.78, 5) is 53.1. The van der Waals surface area contributed by atoms with E-state index in [9.17, 15) is 19.2 Å². The summed E-state index contributed by atoms with van der Waals surface area (Å²) < 4.78 is 33.0. The van der Waals surface area contributed by atoms with Crippen LogP contribution in [0.3, 0.4) is 0 Å². The molecule has 1 aromatic heterocycles. The zero-order valence-electron chi connectivity index (χ0n) is 20.5. The van der Waals surface area contributed by atoms with E-state index >= 15 is 0 Å². The molecule has 0 fully saturated rings. The molecule has 35 heavy (non-hydrogen) atoms. The van der Waals surface area contributed by atoms with Gasteiger partial charge in [-0.3, -0.25) is 23.7 Å². The Balaban J connectivity index is 2.17. The van der Waals surface area contributed by atoms with Crippen LogP contribution in [0.1, 0.15) is 27.7 Å². The smallest absolute Gasteiger partial charge is 0.303 e. The fourth-order valence-electron chi connectivity index (χ4n) is 3.18. The van der Waals surface area contributed by atoms with E-state index in [1.165, 1.54) is 31.7 Å². The summed E-state index contributed by atoms with van der Waals surface area (Å²) in [5.41, 5.74) is -0.0579. The second kappa shape index (κ2) is 13.6. The first-order chi connectivity index (χ1) is 16.6. The molecule has 14 heteroatoms. The Labute approximate surface area is 202 Å². The number of carbonyl (C=O) groups is 3. The van der Waals surface area contributed by atoms with Crippen molar-refractivity contribution in [2.45, 2.75) is 52.9 Å². The van der Waals surface area contributed by atoms with Crippen molar-refractivity contribution in [3.63, 3.8) is 0 Å². The molecule has 0 bridgehead atoms. The molecule has 0 amide bonds. The van der Waals surface area contributed by atoms with Gasteiger partial charge in [0.1, 0.15) is 44.3 Å². The molecular weight excluding hydrogens is 468 g/mol. The summed E-state index contributed by atoms with van der Waals surface area (Å²) in [5.74, 6) is -1.42. The molecule has 0 spiro atoms. The Bertz CT molecular complexity index is 937. The van der Waals surface area contributed by atoms with Gasteiger partial charge in [-0.2, -0.15) is 0 Å². The SMILES string of the molecule is COCCOCn1cnc2c(c1=O)NCN2C(C)OC(COC(C)=O)[C@@H](COC(C)=O)OC(C)=O. The van der Waals surface area contributed by atoms with E-state index in [2.05, 4.69) is 10.3 Å². The van der Waals surface area contributed by atoms with Gasteiger partial charge >= 0.3 is 17.9 Å². The zero-order chi connectivity index (χ0) is 26.0. The Morgan fingerprint density at radius 2 is 1.71 bits per heavy atom. The highest BCUT2D eigenvalue weighted by Gasteiger charge is 2.34. The number of ether oxygens (including phenoxy) is 6. The molecule has 0 saturated carbocycles. The average Bonchev–Trinajstić information content (AvgIpc) is 3.23. The molecule has 0 aliphatic carbocycles. The van der Waals surface area contributed by atoms with Gasteiger partial charge in [0.2, 0.25) is 0 Å². The van der Waals surface area contributed by atoms with Crippen molar-refractivity contribution in [2.75, 3.05) is 50.4 Å². The fourth-order valence-corrected chi connectivity index (χ4v) is 3.18. The molecule has 14 nitrogen and oxygen atoms in total. The van der Waals surface area contributed by atoms with Crippen molar-refractivity contribution in [2.24, 2.45) is 0 Å². The number of nitrogens with zero attached hydrogens (tertiary/aromatic N) is 3. The van der Waals surface area contributed by atoms with Crippen LogP contribution in [0.4, 0.5) is 11.5 Å². The highest BCUT2D eigenvalue weighted by atomic mass is 16.6. The summed E-state index contributed by atoms with van der Waals surface area (Å²) in [7, 11) is 1.55. The molecule has 1 aliphatic rings. The average molecular weight is 501 g/mol. The number of anilines is 2. The van der Waals surface area contributed by atoms with E-state index in [1.54, 1.807) is 18.9 Å². The van der Waals surface area contributed by atoms with E-state index < -0.39 is 36.3 Å². The molecule has 2 unspecified atom stereocenters. The Kier molecular flexibility index (Phi) is 10.9. The van der Waals surface area contributed by atoms with Gasteiger partial charge in [-0.1, -0.05) is 0 Å². The van der Waals surface area contributed by atoms with Crippen molar-refractivity contribution in [1.82, 2.24) is 9.55 Å². The van der Waals surface area contributed by atoms with Crippen LogP contribution in [0.25, 0.3) is 0 Å². The third-order valence-corrected chi connectivity index (χ3v) is 4.82. The highest BCUT2D eigenvalue weighted by molar-refractivity contribution is 5.70. The number of methoxy groups -OCH3 is 1. The maximum Gasteiger partial charge on any atom is 0.303 e. The minimum Gasteiger partial charge on any atom is -0.463 e. The molecule has 0 saturated heterocycles. The van der Waals surface area contributed by atoms with Gasteiger partial charge in [-0.25, -0.2) is 4.98 Å². The normalized spacial score (nSPS) is 14.9. The summed E-state index contributed by atoms with van der Waals surface area (Å²) in [6.45, 7) is 5.70. The lowest BCUT2D eigenvalue weighted by Crippen LogP contribution is -2.46. The van der Waals surface area contributed by atoms with Gasteiger partial charge in [-0.05, 0) is 6.92 Å². The largest absolute Gasteiger partial charge is 0.463 e.